The van der Waals surface area contributed by atoms with Gasteiger partial charge >= 0.3 is 0 Å². The lowest BCUT2D eigenvalue weighted by molar-refractivity contribution is 0.348. The largest absolute Gasteiger partial charge is 0.302 e. The molecule has 1 rings (SSSR count). The fourth-order valence-electron chi connectivity index (χ4n) is 1.34. The Hall–Kier alpha value is -0.560. The van der Waals surface area contributed by atoms with Crippen LogP contribution in [0.5, 0.6) is 0 Å². The quantitative estimate of drug-likeness (QED) is 0.492. The van der Waals surface area contributed by atoms with Gasteiger partial charge in [-0.15, -0.1) is 0 Å². The number of rotatable bonds is 0. The number of piperidine rings is 1. The third kappa shape index (κ3) is 1.48. The fourth-order valence-corrected chi connectivity index (χ4v) is 1.34. The Morgan fingerprint density at radius 1 is 1.60 bits per heavy atom. The number of hydrogen-bond donors (Lipinski definition) is 0. The van der Waals surface area contributed by atoms with E-state index in [1.807, 2.05) is 0 Å². The average molecular weight is 137 g/mol. The van der Waals surface area contributed by atoms with E-state index < -0.39 is 0 Å². The predicted octanol–water partition coefficient (Wildman–Crippen LogP) is 1.82. The van der Waals surface area contributed by atoms with Crippen LogP contribution in [0.15, 0.2) is 23.8 Å². The number of nitrogens with zero attached hydrogens (tertiary/aromatic N) is 1. The zero-order valence-electron chi connectivity index (χ0n) is 6.85. The summed E-state index contributed by atoms with van der Waals surface area (Å²) in [6.45, 7) is 8.32. The molecule has 0 bridgehead atoms. The van der Waals surface area contributed by atoms with Gasteiger partial charge < -0.3 is 4.90 Å². The van der Waals surface area contributed by atoms with E-state index in [-0.39, 0.29) is 0 Å². The predicted molar refractivity (Wildman–Crippen MR) is 45.0 cm³/mol. The average Bonchev–Trinajstić information content (AvgIpc) is 1.88. The highest BCUT2D eigenvalue weighted by Gasteiger charge is 2.11. The molecule has 0 spiro atoms. The molecule has 0 aromatic carbocycles. The minimum Gasteiger partial charge on any atom is -0.302 e. The van der Waals surface area contributed by atoms with Gasteiger partial charge in [0.25, 0.3) is 0 Å². The van der Waals surface area contributed by atoms with Gasteiger partial charge in [-0.05, 0) is 31.5 Å². The van der Waals surface area contributed by atoms with E-state index in [1.165, 1.54) is 24.1 Å². The van der Waals surface area contributed by atoms with Gasteiger partial charge in [0.2, 0.25) is 0 Å². The molecule has 10 heavy (non-hydrogen) atoms. The topological polar surface area (TPSA) is 3.24 Å². The zero-order valence-corrected chi connectivity index (χ0v) is 6.85. The molecule has 0 saturated carbocycles. The van der Waals surface area contributed by atoms with Crippen molar-refractivity contribution in [2.24, 2.45) is 0 Å². The maximum Gasteiger partial charge on any atom is 0.0227 e. The minimum absolute atomic E-state index is 1.04. The van der Waals surface area contributed by atoms with Crippen molar-refractivity contribution in [2.45, 2.75) is 13.3 Å². The van der Waals surface area contributed by atoms with Crippen LogP contribution in [-0.2, 0) is 0 Å². The summed E-state index contributed by atoms with van der Waals surface area (Å²) < 4.78 is 0. The Kier molecular flexibility index (Phi) is 2.28. The molecule has 0 radical (unpaired) electrons. The summed E-state index contributed by atoms with van der Waals surface area (Å²) in [6.07, 6.45) is 3.35. The van der Waals surface area contributed by atoms with Gasteiger partial charge in [0.15, 0.2) is 0 Å². The third-order valence-electron chi connectivity index (χ3n) is 2.03. The van der Waals surface area contributed by atoms with E-state index >= 15 is 0 Å². The van der Waals surface area contributed by atoms with Gasteiger partial charge in [-0.1, -0.05) is 12.7 Å². The first kappa shape index (κ1) is 7.55. The van der Waals surface area contributed by atoms with Crippen molar-refractivity contribution in [1.29, 1.82) is 0 Å². The Balaban J connectivity index is 2.61. The molecule has 0 N–H and O–H groups in total. The molecule has 0 amide bonds. The Bertz CT molecular complexity index is 168. The monoisotopic (exact) mass is 137 g/mol. The summed E-state index contributed by atoms with van der Waals surface area (Å²) in [5.74, 6) is 0. The lowest BCUT2D eigenvalue weighted by atomic mass is 10.00. The van der Waals surface area contributed by atoms with E-state index in [0.717, 1.165) is 6.54 Å². The maximum absolute atomic E-state index is 4.01. The van der Waals surface area contributed by atoms with Gasteiger partial charge in [0.05, 0.1) is 0 Å². The zero-order chi connectivity index (χ0) is 7.56. The van der Waals surface area contributed by atoms with Gasteiger partial charge in [0, 0.05) is 13.1 Å². The van der Waals surface area contributed by atoms with E-state index in [4.69, 9.17) is 0 Å². The first-order valence-electron chi connectivity index (χ1n) is 3.76. The van der Waals surface area contributed by atoms with Crippen LogP contribution in [0, 0.1) is 0 Å². The van der Waals surface area contributed by atoms with Gasteiger partial charge in [0.1, 0.15) is 0 Å². The van der Waals surface area contributed by atoms with Crippen molar-refractivity contribution in [3.8, 4) is 0 Å². The van der Waals surface area contributed by atoms with Gasteiger partial charge in [-0.3, -0.25) is 0 Å². The Morgan fingerprint density at radius 3 is 2.80 bits per heavy atom. The molecule has 1 nitrogen and oxygen atoms in total. The highest BCUT2D eigenvalue weighted by atomic mass is 15.1. The summed E-state index contributed by atoms with van der Waals surface area (Å²) in [5.41, 5.74) is 2.73. The van der Waals surface area contributed by atoms with Gasteiger partial charge in [-0.2, -0.15) is 0 Å². The molecule has 0 aromatic heterocycles. The molecule has 1 heteroatoms. The maximum atomic E-state index is 4.01. The number of allylic oxidation sites excluding steroid dienone is 1. The summed E-state index contributed by atoms with van der Waals surface area (Å²) in [7, 11) is 2.14. The van der Waals surface area contributed by atoms with Crippen molar-refractivity contribution < 1.29 is 0 Å². The normalized spacial score (nSPS) is 25.8. The molecule has 0 atom stereocenters. The fraction of sp³-hybridized carbons (Fsp3) is 0.556. The van der Waals surface area contributed by atoms with Crippen LogP contribution in [0.1, 0.15) is 13.3 Å². The number of likely N-dealkylation sites (N-methyl/N-ethyl adjacent to an activating group) is 1. The SMILES string of the molecule is C=C1CN(C)CC/C1=C/C. The van der Waals surface area contributed by atoms with Crippen LogP contribution in [-0.4, -0.2) is 25.0 Å². The molecule has 1 aliphatic rings. The molecule has 0 aliphatic carbocycles. The lowest BCUT2D eigenvalue weighted by Gasteiger charge is -2.25. The summed E-state index contributed by atoms with van der Waals surface area (Å²) in [5, 5.41) is 0. The highest BCUT2D eigenvalue weighted by molar-refractivity contribution is 5.31. The summed E-state index contributed by atoms with van der Waals surface area (Å²) >= 11 is 0. The molecular weight excluding hydrogens is 122 g/mol. The van der Waals surface area contributed by atoms with Crippen LogP contribution >= 0.6 is 0 Å². The van der Waals surface area contributed by atoms with Crippen LogP contribution in [0.2, 0.25) is 0 Å². The van der Waals surface area contributed by atoms with Crippen molar-refractivity contribution in [1.82, 2.24) is 4.90 Å². The van der Waals surface area contributed by atoms with Crippen molar-refractivity contribution in [2.75, 3.05) is 20.1 Å². The molecule has 0 unspecified atom stereocenters. The lowest BCUT2D eigenvalue weighted by Crippen LogP contribution is -2.27. The molecule has 0 aromatic rings. The van der Waals surface area contributed by atoms with Crippen molar-refractivity contribution in [3.63, 3.8) is 0 Å². The van der Waals surface area contributed by atoms with Crippen LogP contribution in [0.3, 0.4) is 0 Å². The van der Waals surface area contributed by atoms with Crippen molar-refractivity contribution in [3.05, 3.63) is 23.8 Å². The third-order valence-corrected chi connectivity index (χ3v) is 2.03. The molecule has 56 valence electrons. The second-order valence-corrected chi connectivity index (χ2v) is 2.91. The molecule has 1 aliphatic heterocycles. The smallest absolute Gasteiger partial charge is 0.0227 e. The molecule has 1 heterocycles. The summed E-state index contributed by atoms with van der Waals surface area (Å²) in [4.78, 5) is 2.30. The Morgan fingerprint density at radius 2 is 2.30 bits per heavy atom. The van der Waals surface area contributed by atoms with Gasteiger partial charge in [-0.25, -0.2) is 0 Å². The highest BCUT2D eigenvalue weighted by Crippen LogP contribution is 2.18. The minimum atomic E-state index is 1.04. The van der Waals surface area contributed by atoms with E-state index in [1.54, 1.807) is 0 Å². The second kappa shape index (κ2) is 3.02. The molecule has 1 saturated heterocycles. The number of hydrogen-bond acceptors (Lipinski definition) is 1. The van der Waals surface area contributed by atoms with Crippen molar-refractivity contribution >= 4 is 0 Å². The standard InChI is InChI=1S/C9H15N/c1-4-9-5-6-10(3)7-8(9)2/h4H,2,5-7H2,1,3H3/b9-4-. The van der Waals surface area contributed by atoms with Crippen LogP contribution in [0.25, 0.3) is 0 Å². The number of likely N-dealkylation sites (tertiary alicyclic amines) is 1. The van der Waals surface area contributed by atoms with E-state index in [9.17, 15) is 0 Å². The summed E-state index contributed by atoms with van der Waals surface area (Å²) in [6, 6.07) is 0. The van der Waals surface area contributed by atoms with E-state index in [2.05, 4.69) is 31.5 Å². The molecular formula is C9H15N. The first-order chi connectivity index (χ1) is 4.74. The van der Waals surface area contributed by atoms with Crippen LogP contribution < -0.4 is 0 Å². The second-order valence-electron chi connectivity index (χ2n) is 2.91. The Labute approximate surface area is 63.0 Å². The first-order valence-corrected chi connectivity index (χ1v) is 3.76. The van der Waals surface area contributed by atoms with Crippen LogP contribution in [0.4, 0.5) is 0 Å². The van der Waals surface area contributed by atoms with E-state index in [0.29, 0.717) is 0 Å². The molecule has 1 fully saturated rings.